The number of nitrogens with zero attached hydrogens (tertiary/aromatic N) is 2. The molecule has 18 heavy (non-hydrogen) atoms. The summed E-state index contributed by atoms with van der Waals surface area (Å²) in [5, 5.41) is 3.47. The zero-order valence-corrected chi connectivity index (χ0v) is 11.5. The Morgan fingerprint density at radius 3 is 2.78 bits per heavy atom. The zero-order valence-electron chi connectivity index (χ0n) is 11.5. The predicted molar refractivity (Wildman–Crippen MR) is 72.8 cm³/mol. The van der Waals surface area contributed by atoms with E-state index in [1.807, 2.05) is 0 Å². The summed E-state index contributed by atoms with van der Waals surface area (Å²) in [6.07, 6.45) is 6.18. The minimum absolute atomic E-state index is 0.675. The molecule has 1 atom stereocenters. The van der Waals surface area contributed by atoms with Gasteiger partial charge in [-0.15, -0.1) is 0 Å². The van der Waals surface area contributed by atoms with E-state index in [1.165, 1.54) is 42.6 Å². The van der Waals surface area contributed by atoms with Crippen molar-refractivity contribution in [2.45, 2.75) is 51.9 Å². The molecular weight excluding hydrogens is 222 g/mol. The fourth-order valence-electron chi connectivity index (χ4n) is 2.93. The molecule has 3 heteroatoms. The summed E-state index contributed by atoms with van der Waals surface area (Å²) < 4.78 is 0. The highest BCUT2D eigenvalue weighted by molar-refractivity contribution is 5.29. The molecule has 0 bridgehead atoms. The van der Waals surface area contributed by atoms with Crippen molar-refractivity contribution in [3.05, 3.63) is 22.8 Å². The topological polar surface area (TPSA) is 37.8 Å². The van der Waals surface area contributed by atoms with Gasteiger partial charge in [-0.25, -0.2) is 9.97 Å². The molecule has 2 aliphatic carbocycles. The summed E-state index contributed by atoms with van der Waals surface area (Å²) in [5.41, 5.74) is 4.02. The molecule has 3 nitrogen and oxygen atoms in total. The van der Waals surface area contributed by atoms with Gasteiger partial charge in [0.15, 0.2) is 0 Å². The fraction of sp³-hybridized carbons (Fsp3) is 0.733. The van der Waals surface area contributed by atoms with Crippen molar-refractivity contribution in [2.24, 2.45) is 5.92 Å². The molecule has 1 saturated carbocycles. The number of hydrogen-bond donors (Lipinski definition) is 1. The van der Waals surface area contributed by atoms with E-state index in [9.17, 15) is 0 Å². The maximum absolute atomic E-state index is 4.82. The lowest BCUT2D eigenvalue weighted by atomic mass is 9.85. The Hall–Kier alpha value is -0.960. The third-order valence-corrected chi connectivity index (χ3v) is 4.22. The van der Waals surface area contributed by atoms with Gasteiger partial charge in [0.25, 0.3) is 0 Å². The first-order chi connectivity index (χ1) is 8.78. The van der Waals surface area contributed by atoms with Gasteiger partial charge in [-0.2, -0.15) is 0 Å². The van der Waals surface area contributed by atoms with Gasteiger partial charge in [-0.3, -0.25) is 0 Å². The first-order valence-electron chi connectivity index (χ1n) is 7.35. The lowest BCUT2D eigenvalue weighted by molar-refractivity contribution is 0.422. The van der Waals surface area contributed by atoms with Crippen LogP contribution in [-0.2, 0) is 12.8 Å². The second-order valence-electron chi connectivity index (χ2n) is 5.78. The van der Waals surface area contributed by atoms with E-state index in [4.69, 9.17) is 9.97 Å². The normalized spacial score (nSPS) is 22.9. The molecule has 0 aromatic carbocycles. The molecule has 1 heterocycles. The van der Waals surface area contributed by atoms with Crippen LogP contribution in [0, 0.1) is 12.8 Å². The molecular formula is C15H23N3. The van der Waals surface area contributed by atoms with Crippen molar-refractivity contribution in [3.8, 4) is 0 Å². The highest BCUT2D eigenvalue weighted by atomic mass is 14.9. The molecule has 3 rings (SSSR count). The molecule has 1 aromatic heterocycles. The van der Waals surface area contributed by atoms with Crippen molar-refractivity contribution in [1.82, 2.24) is 15.3 Å². The molecule has 0 radical (unpaired) electrons. The number of aromatic nitrogens is 2. The molecule has 0 spiro atoms. The minimum Gasteiger partial charge on any atom is -0.317 e. The Bertz CT molecular complexity index is 438. The summed E-state index contributed by atoms with van der Waals surface area (Å²) in [6.45, 7) is 6.55. The van der Waals surface area contributed by atoms with Gasteiger partial charge in [0.05, 0.1) is 0 Å². The Morgan fingerprint density at radius 2 is 2.06 bits per heavy atom. The van der Waals surface area contributed by atoms with Crippen LogP contribution < -0.4 is 5.32 Å². The number of aryl methyl sites for hydroxylation is 2. The number of rotatable bonds is 4. The molecule has 0 aliphatic heterocycles. The van der Waals surface area contributed by atoms with Crippen LogP contribution >= 0.6 is 0 Å². The Morgan fingerprint density at radius 1 is 1.22 bits per heavy atom. The molecule has 1 unspecified atom stereocenters. The van der Waals surface area contributed by atoms with Gasteiger partial charge in [0, 0.05) is 17.3 Å². The standard InChI is InChI=1S/C15H23N3/c1-3-16-9-11-4-7-14-13(8-11)10(2)17-15(18-14)12-5-6-12/h11-12,16H,3-9H2,1-2H3. The van der Waals surface area contributed by atoms with E-state index >= 15 is 0 Å². The van der Waals surface area contributed by atoms with Crippen LogP contribution in [0.4, 0.5) is 0 Å². The van der Waals surface area contributed by atoms with Gasteiger partial charge in [-0.1, -0.05) is 6.92 Å². The average molecular weight is 245 g/mol. The average Bonchev–Trinajstić information content (AvgIpc) is 3.20. The molecule has 2 aliphatic rings. The van der Waals surface area contributed by atoms with Gasteiger partial charge >= 0.3 is 0 Å². The molecule has 0 amide bonds. The molecule has 1 fully saturated rings. The van der Waals surface area contributed by atoms with Crippen LogP contribution in [0.25, 0.3) is 0 Å². The Labute approximate surface area is 109 Å². The summed E-state index contributed by atoms with van der Waals surface area (Å²) >= 11 is 0. The van der Waals surface area contributed by atoms with Crippen molar-refractivity contribution < 1.29 is 0 Å². The van der Waals surface area contributed by atoms with Gasteiger partial charge in [-0.05, 0) is 63.6 Å². The third kappa shape index (κ3) is 2.41. The lowest BCUT2D eigenvalue weighted by Gasteiger charge is -2.25. The zero-order chi connectivity index (χ0) is 12.5. The van der Waals surface area contributed by atoms with Gasteiger partial charge in [0.2, 0.25) is 0 Å². The number of nitrogens with one attached hydrogen (secondary N) is 1. The maximum Gasteiger partial charge on any atom is 0.131 e. The van der Waals surface area contributed by atoms with Crippen molar-refractivity contribution in [1.29, 1.82) is 0 Å². The monoisotopic (exact) mass is 245 g/mol. The molecule has 0 saturated heterocycles. The summed E-state index contributed by atoms with van der Waals surface area (Å²) in [5.74, 6) is 2.57. The second-order valence-corrected chi connectivity index (χ2v) is 5.78. The van der Waals surface area contributed by atoms with Gasteiger partial charge < -0.3 is 5.32 Å². The first kappa shape index (κ1) is 12.1. The second kappa shape index (κ2) is 4.96. The lowest BCUT2D eigenvalue weighted by Crippen LogP contribution is -2.28. The highest BCUT2D eigenvalue weighted by Crippen LogP contribution is 2.39. The summed E-state index contributed by atoms with van der Waals surface area (Å²) in [4.78, 5) is 9.55. The SMILES string of the molecule is CCNCC1CCc2nc(C3CC3)nc(C)c2C1. The minimum atomic E-state index is 0.675. The van der Waals surface area contributed by atoms with E-state index < -0.39 is 0 Å². The molecule has 1 aromatic rings. The van der Waals surface area contributed by atoms with Crippen molar-refractivity contribution in [3.63, 3.8) is 0 Å². The Balaban J connectivity index is 1.78. The van der Waals surface area contributed by atoms with E-state index in [1.54, 1.807) is 0 Å². The summed E-state index contributed by atoms with van der Waals surface area (Å²) in [6, 6.07) is 0. The highest BCUT2D eigenvalue weighted by Gasteiger charge is 2.29. The third-order valence-electron chi connectivity index (χ3n) is 4.22. The van der Waals surface area contributed by atoms with E-state index in [0.717, 1.165) is 31.3 Å². The van der Waals surface area contributed by atoms with Gasteiger partial charge in [0.1, 0.15) is 5.82 Å². The number of hydrogen-bond acceptors (Lipinski definition) is 3. The van der Waals surface area contributed by atoms with Crippen LogP contribution in [0.15, 0.2) is 0 Å². The summed E-state index contributed by atoms with van der Waals surface area (Å²) in [7, 11) is 0. The van der Waals surface area contributed by atoms with Crippen molar-refractivity contribution in [2.75, 3.05) is 13.1 Å². The van der Waals surface area contributed by atoms with Crippen LogP contribution in [0.1, 0.15) is 54.9 Å². The van der Waals surface area contributed by atoms with Crippen molar-refractivity contribution >= 4 is 0 Å². The molecule has 98 valence electrons. The maximum atomic E-state index is 4.82. The van der Waals surface area contributed by atoms with Crippen LogP contribution in [0.2, 0.25) is 0 Å². The van der Waals surface area contributed by atoms with Crippen LogP contribution in [0.3, 0.4) is 0 Å². The Kier molecular flexibility index (Phi) is 3.33. The van der Waals surface area contributed by atoms with E-state index in [0.29, 0.717) is 5.92 Å². The van der Waals surface area contributed by atoms with Crippen LogP contribution in [-0.4, -0.2) is 23.1 Å². The number of fused-ring (bicyclic) bond motifs is 1. The van der Waals surface area contributed by atoms with Crippen LogP contribution in [0.5, 0.6) is 0 Å². The predicted octanol–water partition coefficient (Wildman–Crippen LogP) is 2.38. The fourth-order valence-corrected chi connectivity index (χ4v) is 2.93. The van der Waals surface area contributed by atoms with E-state index in [2.05, 4.69) is 19.2 Å². The molecule has 1 N–H and O–H groups in total. The quantitative estimate of drug-likeness (QED) is 0.885. The van der Waals surface area contributed by atoms with E-state index in [-0.39, 0.29) is 0 Å². The smallest absolute Gasteiger partial charge is 0.131 e. The first-order valence-corrected chi connectivity index (χ1v) is 7.35. The largest absolute Gasteiger partial charge is 0.317 e.